The molecule has 21 heavy (non-hydrogen) atoms. The van der Waals surface area contributed by atoms with Gasteiger partial charge >= 0.3 is 12.5 Å². The van der Waals surface area contributed by atoms with E-state index in [-0.39, 0.29) is 0 Å². The van der Waals surface area contributed by atoms with E-state index >= 15 is 0 Å². The number of imidazole rings is 1. The molecule has 0 N–H and O–H groups in total. The number of aromatic nitrogens is 2. The van der Waals surface area contributed by atoms with Crippen LogP contribution in [0.5, 0.6) is 0 Å². The maximum Gasteiger partial charge on any atom is 0.673 e. The Bertz CT molecular complexity index is 557. The van der Waals surface area contributed by atoms with Crippen molar-refractivity contribution >= 4 is 29.9 Å². The molecule has 2 aromatic rings. The average Bonchev–Trinajstić information content (AvgIpc) is 2.58. The van der Waals surface area contributed by atoms with E-state index in [1.807, 2.05) is 0 Å². The number of hydrogen-bond acceptors (Lipinski definition) is 0. The summed E-state index contributed by atoms with van der Waals surface area (Å²) in [5, 5.41) is 0.811. The molecular formula is C13H18BClF4N2. The van der Waals surface area contributed by atoms with E-state index in [1.54, 1.807) is 0 Å². The summed E-state index contributed by atoms with van der Waals surface area (Å²) in [7, 11) is -6.00. The van der Waals surface area contributed by atoms with E-state index < -0.39 is 7.25 Å². The average molecular weight is 325 g/mol. The molecule has 1 heterocycles. The lowest BCUT2D eigenvalue weighted by Crippen LogP contribution is -2.36. The Labute approximate surface area is 126 Å². The van der Waals surface area contributed by atoms with Crippen molar-refractivity contribution in [2.75, 3.05) is 0 Å². The molecule has 118 valence electrons. The van der Waals surface area contributed by atoms with Gasteiger partial charge in [0.2, 0.25) is 0 Å². The largest absolute Gasteiger partial charge is 0.673 e. The zero-order valence-electron chi connectivity index (χ0n) is 12.3. The van der Waals surface area contributed by atoms with Crippen LogP contribution in [0.2, 0.25) is 5.28 Å². The normalized spacial score (nSPS) is 12.0. The van der Waals surface area contributed by atoms with E-state index in [9.17, 15) is 17.3 Å². The predicted octanol–water partition coefficient (Wildman–Crippen LogP) is 5.04. The van der Waals surface area contributed by atoms with E-state index in [4.69, 9.17) is 11.6 Å². The lowest BCUT2D eigenvalue weighted by atomic mass is 10.3. The molecule has 0 saturated heterocycles. The molecule has 0 spiro atoms. The minimum absolute atomic E-state index is 0.373. The third kappa shape index (κ3) is 4.63. The molecule has 8 heteroatoms. The van der Waals surface area contributed by atoms with Crippen molar-refractivity contribution in [1.29, 1.82) is 0 Å². The number of rotatable bonds is 2. The lowest BCUT2D eigenvalue weighted by molar-refractivity contribution is -0.690. The quantitative estimate of drug-likeness (QED) is 0.415. The van der Waals surface area contributed by atoms with Crippen LogP contribution in [-0.2, 0) is 0 Å². The van der Waals surface area contributed by atoms with Crippen molar-refractivity contribution in [2.45, 2.75) is 39.8 Å². The van der Waals surface area contributed by atoms with Gasteiger partial charge < -0.3 is 17.3 Å². The molecule has 0 aliphatic heterocycles. The summed E-state index contributed by atoms with van der Waals surface area (Å²) in [4.78, 5) is 0. The van der Waals surface area contributed by atoms with Crippen molar-refractivity contribution in [3.8, 4) is 0 Å². The van der Waals surface area contributed by atoms with Crippen molar-refractivity contribution in [1.82, 2.24) is 4.57 Å². The van der Waals surface area contributed by atoms with E-state index in [1.165, 1.54) is 11.0 Å². The van der Waals surface area contributed by atoms with Gasteiger partial charge in [0, 0.05) is 11.6 Å². The first-order chi connectivity index (χ1) is 9.54. The summed E-state index contributed by atoms with van der Waals surface area (Å²) in [5.41, 5.74) is 2.41. The standard InChI is InChI=1S/C13H18ClN2.BF4/c1-9(2)15-11-7-5-6-8-12(11)16(10(3)4)13(15)14;2-1(3,4)5/h5-10H,1-4H3;/q+1;-1. The highest BCUT2D eigenvalue weighted by atomic mass is 35.5. The molecular weight excluding hydrogens is 306 g/mol. The minimum Gasteiger partial charge on any atom is -0.418 e. The number of halogens is 5. The summed E-state index contributed by atoms with van der Waals surface area (Å²) in [5.74, 6) is 0. The van der Waals surface area contributed by atoms with Crippen LogP contribution in [-0.4, -0.2) is 11.8 Å². The molecule has 0 radical (unpaired) electrons. The fraction of sp³-hybridized carbons (Fsp3) is 0.462. The van der Waals surface area contributed by atoms with Crippen LogP contribution >= 0.6 is 11.6 Å². The zero-order valence-corrected chi connectivity index (χ0v) is 13.1. The van der Waals surface area contributed by atoms with Crippen LogP contribution in [0.25, 0.3) is 11.0 Å². The molecule has 0 amide bonds. The molecule has 0 unspecified atom stereocenters. The first kappa shape index (κ1) is 17.8. The van der Waals surface area contributed by atoms with E-state index in [0.29, 0.717) is 12.1 Å². The van der Waals surface area contributed by atoms with Crippen molar-refractivity contribution in [3.63, 3.8) is 0 Å². The first-order valence-electron chi connectivity index (χ1n) is 6.61. The monoisotopic (exact) mass is 324 g/mol. The Morgan fingerprint density at radius 2 is 1.52 bits per heavy atom. The van der Waals surface area contributed by atoms with Crippen molar-refractivity contribution in [2.24, 2.45) is 0 Å². The van der Waals surface area contributed by atoms with Gasteiger partial charge in [-0.2, -0.15) is 0 Å². The number of para-hydroxylation sites is 2. The lowest BCUT2D eigenvalue weighted by Gasteiger charge is -2.04. The highest BCUT2D eigenvalue weighted by Gasteiger charge is 2.26. The maximum atomic E-state index is 9.75. The second-order valence-corrected chi connectivity index (χ2v) is 5.52. The second-order valence-electron chi connectivity index (χ2n) is 5.18. The van der Waals surface area contributed by atoms with Gasteiger partial charge in [0.25, 0.3) is 0 Å². The van der Waals surface area contributed by atoms with Crippen LogP contribution in [0.4, 0.5) is 17.3 Å². The Morgan fingerprint density at radius 1 is 1.05 bits per heavy atom. The van der Waals surface area contributed by atoms with Crippen molar-refractivity contribution in [3.05, 3.63) is 29.5 Å². The SMILES string of the molecule is CC(C)n1c(Cl)[n+](C(C)C)c2ccccc21.F[B-](F)(F)F. The number of fused-ring (bicyclic) bond motifs is 1. The Hall–Kier alpha value is -1.24. The van der Waals surface area contributed by atoms with Gasteiger partial charge in [0.1, 0.15) is 0 Å². The van der Waals surface area contributed by atoms with Gasteiger partial charge in [-0.1, -0.05) is 12.1 Å². The number of hydrogen-bond donors (Lipinski definition) is 0. The summed E-state index contributed by atoms with van der Waals surface area (Å²) >= 11 is 6.47. The van der Waals surface area contributed by atoms with E-state index in [2.05, 4.69) is 61.1 Å². The molecule has 2 rings (SSSR count). The maximum absolute atomic E-state index is 9.75. The number of nitrogens with zero attached hydrogens (tertiary/aromatic N) is 2. The van der Waals surface area contributed by atoms with Gasteiger partial charge in [0.15, 0.2) is 11.0 Å². The van der Waals surface area contributed by atoms with Gasteiger partial charge in [-0.15, -0.1) is 0 Å². The first-order valence-corrected chi connectivity index (χ1v) is 6.99. The Morgan fingerprint density at radius 3 is 1.95 bits per heavy atom. The molecule has 0 bridgehead atoms. The fourth-order valence-corrected chi connectivity index (χ4v) is 2.74. The Kier molecular flexibility index (Phi) is 5.67. The highest BCUT2D eigenvalue weighted by molar-refractivity contribution is 6.50. The van der Waals surface area contributed by atoms with Gasteiger partial charge in [0.05, 0.1) is 12.1 Å². The molecule has 1 aromatic carbocycles. The van der Waals surface area contributed by atoms with Gasteiger partial charge in [-0.3, -0.25) is 0 Å². The molecule has 1 aromatic heterocycles. The zero-order chi connectivity index (χ0) is 16.4. The smallest absolute Gasteiger partial charge is 0.418 e. The van der Waals surface area contributed by atoms with Crippen LogP contribution in [0, 0.1) is 0 Å². The van der Waals surface area contributed by atoms with Gasteiger partial charge in [-0.05, 0) is 39.8 Å². The van der Waals surface area contributed by atoms with Crippen LogP contribution < -0.4 is 4.57 Å². The highest BCUT2D eigenvalue weighted by Crippen LogP contribution is 2.24. The van der Waals surface area contributed by atoms with Crippen LogP contribution in [0.15, 0.2) is 24.3 Å². The molecule has 0 fully saturated rings. The third-order valence-corrected chi connectivity index (χ3v) is 3.20. The summed E-state index contributed by atoms with van der Waals surface area (Å²) in [6.45, 7) is 8.62. The van der Waals surface area contributed by atoms with Crippen LogP contribution in [0.3, 0.4) is 0 Å². The fourth-order valence-electron chi connectivity index (χ4n) is 2.17. The second kappa shape index (κ2) is 6.68. The minimum atomic E-state index is -6.00. The molecule has 0 aliphatic carbocycles. The summed E-state index contributed by atoms with van der Waals surface area (Å²) < 4.78 is 43.4. The third-order valence-electron chi connectivity index (χ3n) is 2.83. The predicted molar refractivity (Wildman–Crippen MR) is 78.1 cm³/mol. The summed E-state index contributed by atoms with van der Waals surface area (Å²) in [6.07, 6.45) is 0. The molecule has 0 aliphatic rings. The molecule has 0 atom stereocenters. The Balaban J connectivity index is 0.000000383. The van der Waals surface area contributed by atoms with Gasteiger partial charge in [-0.25, -0.2) is 9.13 Å². The van der Waals surface area contributed by atoms with E-state index in [0.717, 1.165) is 5.28 Å². The van der Waals surface area contributed by atoms with Crippen molar-refractivity contribution < 1.29 is 21.8 Å². The topological polar surface area (TPSA) is 8.81 Å². The molecule has 2 nitrogen and oxygen atoms in total. The molecule has 0 saturated carbocycles. The van der Waals surface area contributed by atoms with Crippen LogP contribution in [0.1, 0.15) is 39.8 Å². The summed E-state index contributed by atoms with van der Waals surface area (Å²) in [6, 6.07) is 9.11. The number of benzene rings is 1.